The van der Waals surface area contributed by atoms with E-state index in [0.29, 0.717) is 17.9 Å². The van der Waals surface area contributed by atoms with Crippen LogP contribution < -0.4 is 21.5 Å². The normalized spacial score (nSPS) is 12.2. The van der Waals surface area contributed by atoms with Gasteiger partial charge in [0.25, 0.3) is 5.56 Å². The van der Waals surface area contributed by atoms with Gasteiger partial charge in [-0.25, -0.2) is 14.6 Å². The van der Waals surface area contributed by atoms with Gasteiger partial charge in [0.15, 0.2) is 0 Å². The summed E-state index contributed by atoms with van der Waals surface area (Å²) < 4.78 is 6.68. The second-order valence-electron chi connectivity index (χ2n) is 8.77. The molecule has 0 bridgehead atoms. The second-order valence-corrected chi connectivity index (χ2v) is 9.58. The van der Waals surface area contributed by atoms with Crippen LogP contribution in [0, 0.1) is 0 Å². The fourth-order valence-electron chi connectivity index (χ4n) is 3.38. The van der Waals surface area contributed by atoms with Crippen LogP contribution >= 0.6 is 23.2 Å². The van der Waals surface area contributed by atoms with Crippen molar-refractivity contribution in [3.8, 4) is 5.69 Å². The predicted octanol–water partition coefficient (Wildman–Crippen LogP) is 5.42. The maximum atomic E-state index is 13.7. The number of halogens is 2. The van der Waals surface area contributed by atoms with Gasteiger partial charge in [-0.1, -0.05) is 29.3 Å². The SMILES string of the molecule is CCNC(=O)Nc1cccc(-n2c([C@H](C)NC(=O)OC(C)(C)C)nc3c(Cl)ccc(Cl)c3c2=O)c1. The molecule has 1 atom stereocenters. The average Bonchev–Trinajstić information content (AvgIpc) is 2.74. The van der Waals surface area contributed by atoms with Crippen molar-refractivity contribution in [3.63, 3.8) is 0 Å². The molecule has 0 spiro atoms. The number of nitrogens with one attached hydrogen (secondary N) is 3. The summed E-state index contributed by atoms with van der Waals surface area (Å²) in [6.45, 7) is 9.17. The van der Waals surface area contributed by atoms with Crippen molar-refractivity contribution in [2.24, 2.45) is 0 Å². The molecule has 0 saturated carbocycles. The minimum atomic E-state index is -0.753. The number of carbonyl (C=O) groups is 2. The van der Waals surface area contributed by atoms with Crippen LogP contribution in [0.5, 0.6) is 0 Å². The largest absolute Gasteiger partial charge is 0.444 e. The lowest BCUT2D eigenvalue weighted by molar-refractivity contribution is 0.0505. The van der Waals surface area contributed by atoms with Crippen molar-refractivity contribution in [2.75, 3.05) is 11.9 Å². The lowest BCUT2D eigenvalue weighted by atomic mass is 10.2. The van der Waals surface area contributed by atoms with Crippen molar-refractivity contribution >= 4 is 51.9 Å². The predicted molar refractivity (Wildman–Crippen MR) is 138 cm³/mol. The summed E-state index contributed by atoms with van der Waals surface area (Å²) in [5.41, 5.74) is -0.120. The van der Waals surface area contributed by atoms with Gasteiger partial charge < -0.3 is 20.7 Å². The number of anilines is 1. The fraction of sp³-hybridized carbons (Fsp3) is 0.333. The number of benzene rings is 2. The number of fused-ring (bicyclic) bond motifs is 1. The Labute approximate surface area is 212 Å². The van der Waals surface area contributed by atoms with Crippen LogP contribution in [0.1, 0.15) is 46.5 Å². The number of hydrogen-bond acceptors (Lipinski definition) is 5. The summed E-state index contributed by atoms with van der Waals surface area (Å²) in [7, 11) is 0. The van der Waals surface area contributed by atoms with E-state index in [2.05, 4.69) is 20.9 Å². The summed E-state index contributed by atoms with van der Waals surface area (Å²) in [5.74, 6) is 0.202. The molecule has 1 heterocycles. The van der Waals surface area contributed by atoms with E-state index in [1.54, 1.807) is 65.0 Å². The van der Waals surface area contributed by atoms with Gasteiger partial charge >= 0.3 is 12.1 Å². The van der Waals surface area contributed by atoms with Crippen molar-refractivity contribution in [1.29, 1.82) is 0 Å². The highest BCUT2D eigenvalue weighted by Gasteiger charge is 2.24. The Morgan fingerprint density at radius 1 is 1.14 bits per heavy atom. The average molecular weight is 520 g/mol. The van der Waals surface area contributed by atoms with Gasteiger partial charge in [-0.2, -0.15) is 0 Å². The van der Waals surface area contributed by atoms with Gasteiger partial charge in [-0.05, 0) is 65.0 Å². The number of carbonyl (C=O) groups excluding carboxylic acids is 2. The third-order valence-electron chi connectivity index (χ3n) is 4.77. The van der Waals surface area contributed by atoms with E-state index in [0.717, 1.165) is 0 Å². The number of ether oxygens (including phenoxy) is 1. The zero-order valence-electron chi connectivity index (χ0n) is 20.0. The molecule has 1 aromatic heterocycles. The molecule has 0 saturated heterocycles. The monoisotopic (exact) mass is 519 g/mol. The number of rotatable bonds is 5. The highest BCUT2D eigenvalue weighted by Crippen LogP contribution is 2.28. The molecule has 9 nitrogen and oxygen atoms in total. The molecular weight excluding hydrogens is 493 g/mol. The van der Waals surface area contributed by atoms with E-state index in [1.165, 1.54) is 10.6 Å². The molecule has 11 heteroatoms. The van der Waals surface area contributed by atoms with Gasteiger partial charge in [0.1, 0.15) is 11.4 Å². The zero-order valence-corrected chi connectivity index (χ0v) is 21.5. The Morgan fingerprint density at radius 3 is 2.49 bits per heavy atom. The summed E-state index contributed by atoms with van der Waals surface area (Å²) in [5, 5.41) is 8.64. The van der Waals surface area contributed by atoms with Crippen LogP contribution in [0.15, 0.2) is 41.2 Å². The standard InChI is InChI=1S/C24H27Cl2N5O4/c1-6-27-22(33)29-14-8-7-9-15(12-14)31-20(13(2)28-23(34)35-24(3,4)5)30-19-17(26)11-10-16(25)18(19)21(31)32/h7-13H,6H2,1-5H3,(H,28,34)(H2,27,29,33)/t13-/m0/s1. The smallest absolute Gasteiger partial charge is 0.408 e. The zero-order chi connectivity index (χ0) is 25.9. The maximum absolute atomic E-state index is 13.7. The van der Waals surface area contributed by atoms with Crippen molar-refractivity contribution in [1.82, 2.24) is 20.2 Å². The minimum Gasteiger partial charge on any atom is -0.444 e. The van der Waals surface area contributed by atoms with Gasteiger partial charge in [-0.15, -0.1) is 0 Å². The Hall–Kier alpha value is -3.30. The molecule has 3 rings (SSSR count). The molecular formula is C24H27Cl2N5O4. The summed E-state index contributed by atoms with van der Waals surface area (Å²) in [4.78, 5) is 42.8. The van der Waals surface area contributed by atoms with E-state index in [-0.39, 0.29) is 32.8 Å². The lowest BCUT2D eigenvalue weighted by Gasteiger charge is -2.23. The first-order valence-corrected chi connectivity index (χ1v) is 11.7. The van der Waals surface area contributed by atoms with Crippen molar-refractivity contribution < 1.29 is 14.3 Å². The Bertz CT molecular complexity index is 1330. The molecule has 3 N–H and O–H groups in total. The van der Waals surface area contributed by atoms with Crippen molar-refractivity contribution in [2.45, 2.75) is 46.3 Å². The summed E-state index contributed by atoms with van der Waals surface area (Å²) >= 11 is 12.7. The van der Waals surface area contributed by atoms with E-state index < -0.39 is 23.3 Å². The van der Waals surface area contributed by atoms with Crippen LogP contribution in [0.2, 0.25) is 10.0 Å². The molecule has 0 aliphatic heterocycles. The number of alkyl carbamates (subject to hydrolysis) is 1. The van der Waals surface area contributed by atoms with E-state index in [1.807, 2.05) is 0 Å². The molecule has 3 aromatic rings. The van der Waals surface area contributed by atoms with Crippen LogP contribution in [-0.4, -0.2) is 33.8 Å². The molecule has 2 aromatic carbocycles. The van der Waals surface area contributed by atoms with E-state index in [9.17, 15) is 14.4 Å². The molecule has 0 fully saturated rings. The maximum Gasteiger partial charge on any atom is 0.408 e. The molecule has 0 radical (unpaired) electrons. The number of nitrogens with zero attached hydrogens (tertiary/aromatic N) is 2. The molecule has 0 unspecified atom stereocenters. The second kappa shape index (κ2) is 10.5. The first-order chi connectivity index (χ1) is 16.4. The fourth-order valence-corrected chi connectivity index (χ4v) is 3.81. The first-order valence-electron chi connectivity index (χ1n) is 11.0. The van der Waals surface area contributed by atoms with E-state index >= 15 is 0 Å². The Balaban J connectivity index is 2.19. The topological polar surface area (TPSA) is 114 Å². The Kier molecular flexibility index (Phi) is 7.92. The molecule has 35 heavy (non-hydrogen) atoms. The van der Waals surface area contributed by atoms with Gasteiger partial charge in [0.2, 0.25) is 0 Å². The summed E-state index contributed by atoms with van der Waals surface area (Å²) in [6.07, 6.45) is -0.672. The number of amides is 3. The number of urea groups is 1. The van der Waals surface area contributed by atoms with E-state index in [4.69, 9.17) is 27.9 Å². The highest BCUT2D eigenvalue weighted by atomic mass is 35.5. The molecule has 0 aliphatic rings. The molecule has 0 aliphatic carbocycles. The number of hydrogen-bond donors (Lipinski definition) is 3. The van der Waals surface area contributed by atoms with Gasteiger partial charge in [0.05, 0.1) is 32.7 Å². The van der Waals surface area contributed by atoms with Crippen molar-refractivity contribution in [3.05, 3.63) is 62.6 Å². The van der Waals surface area contributed by atoms with Crippen LogP contribution in [-0.2, 0) is 4.74 Å². The van der Waals surface area contributed by atoms with Crippen LogP contribution in [0.4, 0.5) is 15.3 Å². The third kappa shape index (κ3) is 6.23. The van der Waals surface area contributed by atoms with Crippen LogP contribution in [0.25, 0.3) is 16.6 Å². The molecule has 3 amide bonds. The third-order valence-corrected chi connectivity index (χ3v) is 5.39. The van der Waals surface area contributed by atoms with Gasteiger partial charge in [0, 0.05) is 12.2 Å². The number of aromatic nitrogens is 2. The van der Waals surface area contributed by atoms with Crippen LogP contribution in [0.3, 0.4) is 0 Å². The molecule has 186 valence electrons. The summed E-state index contributed by atoms with van der Waals surface area (Å²) in [6, 6.07) is 8.60. The first kappa shape index (κ1) is 26.3. The lowest BCUT2D eigenvalue weighted by Crippen LogP contribution is -2.37. The Morgan fingerprint density at radius 2 is 1.83 bits per heavy atom. The highest BCUT2D eigenvalue weighted by molar-refractivity contribution is 6.39. The quantitative estimate of drug-likeness (QED) is 0.416. The van der Waals surface area contributed by atoms with Gasteiger partial charge in [-0.3, -0.25) is 9.36 Å². The minimum absolute atomic E-state index is 0.134.